The maximum absolute atomic E-state index is 10.3. The molecule has 1 heterocycles. The number of aliphatic hydroxyl groups is 1. The first-order valence-corrected chi connectivity index (χ1v) is 8.35. The second kappa shape index (κ2) is 11.8. The molecule has 1 unspecified atom stereocenters. The standard InChI is InChI=1S/C19H26N4O.HI/c1-3-20-19(22-13-11-17-6-4-5-12-21-17)23-14-18(24)16-9-7-15(2)8-10-16;/h4-10,12,18,24H,3,11,13-14H2,1-2H3,(H2,20,22,23);1H. The molecule has 0 aliphatic rings. The van der Waals surface area contributed by atoms with Crippen LogP contribution in [0.25, 0.3) is 0 Å². The Balaban J connectivity index is 0.00000312. The van der Waals surface area contributed by atoms with E-state index in [4.69, 9.17) is 0 Å². The van der Waals surface area contributed by atoms with Gasteiger partial charge in [-0.05, 0) is 31.5 Å². The molecule has 2 aromatic rings. The van der Waals surface area contributed by atoms with Crippen molar-refractivity contribution in [3.05, 3.63) is 65.5 Å². The molecule has 136 valence electrons. The Morgan fingerprint density at radius 2 is 1.92 bits per heavy atom. The normalized spacial score (nSPS) is 12.2. The predicted octanol–water partition coefficient (Wildman–Crippen LogP) is 2.84. The van der Waals surface area contributed by atoms with Gasteiger partial charge in [-0.3, -0.25) is 9.98 Å². The SMILES string of the molecule is CCNC(=NCC(O)c1ccc(C)cc1)NCCc1ccccn1.I. The molecule has 0 amide bonds. The van der Waals surface area contributed by atoms with Gasteiger partial charge in [0.05, 0.1) is 12.6 Å². The fraction of sp³-hybridized carbons (Fsp3) is 0.368. The summed E-state index contributed by atoms with van der Waals surface area (Å²) in [4.78, 5) is 8.77. The van der Waals surface area contributed by atoms with Crippen LogP contribution >= 0.6 is 24.0 Å². The Hall–Kier alpha value is -1.67. The van der Waals surface area contributed by atoms with Crippen molar-refractivity contribution in [2.45, 2.75) is 26.4 Å². The van der Waals surface area contributed by atoms with Gasteiger partial charge < -0.3 is 15.7 Å². The van der Waals surface area contributed by atoms with Crippen LogP contribution in [0, 0.1) is 6.92 Å². The topological polar surface area (TPSA) is 69.5 Å². The summed E-state index contributed by atoms with van der Waals surface area (Å²) in [5, 5.41) is 16.7. The molecular formula is C19H27IN4O. The minimum atomic E-state index is -0.600. The van der Waals surface area contributed by atoms with E-state index in [-0.39, 0.29) is 24.0 Å². The van der Waals surface area contributed by atoms with E-state index in [1.54, 1.807) is 6.20 Å². The van der Waals surface area contributed by atoms with Crippen LogP contribution in [0.2, 0.25) is 0 Å². The molecular weight excluding hydrogens is 427 g/mol. The molecule has 0 saturated heterocycles. The van der Waals surface area contributed by atoms with E-state index in [1.807, 2.05) is 56.3 Å². The number of rotatable bonds is 7. The van der Waals surface area contributed by atoms with Crippen molar-refractivity contribution in [3.8, 4) is 0 Å². The first kappa shape index (κ1) is 21.4. The van der Waals surface area contributed by atoms with E-state index in [0.29, 0.717) is 12.5 Å². The molecule has 0 aliphatic carbocycles. The highest BCUT2D eigenvalue weighted by atomic mass is 127. The Bertz CT molecular complexity index is 632. The van der Waals surface area contributed by atoms with Crippen LogP contribution in [0.4, 0.5) is 0 Å². The van der Waals surface area contributed by atoms with Crippen molar-refractivity contribution in [2.75, 3.05) is 19.6 Å². The summed E-state index contributed by atoms with van der Waals surface area (Å²) < 4.78 is 0. The summed E-state index contributed by atoms with van der Waals surface area (Å²) >= 11 is 0. The number of benzene rings is 1. The van der Waals surface area contributed by atoms with Crippen molar-refractivity contribution in [3.63, 3.8) is 0 Å². The Labute approximate surface area is 167 Å². The molecule has 5 nitrogen and oxygen atoms in total. The summed E-state index contributed by atoms with van der Waals surface area (Å²) in [6, 6.07) is 13.8. The lowest BCUT2D eigenvalue weighted by molar-refractivity contribution is 0.187. The average Bonchev–Trinajstić information content (AvgIpc) is 2.61. The molecule has 1 aromatic heterocycles. The van der Waals surface area contributed by atoms with Crippen molar-refractivity contribution >= 4 is 29.9 Å². The van der Waals surface area contributed by atoms with Gasteiger partial charge in [-0.2, -0.15) is 0 Å². The second-order valence-electron chi connectivity index (χ2n) is 5.64. The minimum absolute atomic E-state index is 0. The van der Waals surface area contributed by atoms with Crippen LogP contribution < -0.4 is 10.6 Å². The Morgan fingerprint density at radius 1 is 1.16 bits per heavy atom. The number of aryl methyl sites for hydroxylation is 1. The summed E-state index contributed by atoms with van der Waals surface area (Å²) in [6.07, 6.45) is 2.02. The highest BCUT2D eigenvalue weighted by Gasteiger charge is 2.07. The van der Waals surface area contributed by atoms with Gasteiger partial charge in [0.15, 0.2) is 5.96 Å². The number of halogens is 1. The average molecular weight is 454 g/mol. The first-order chi connectivity index (χ1) is 11.7. The van der Waals surface area contributed by atoms with Crippen LogP contribution in [0.15, 0.2) is 53.7 Å². The number of aromatic nitrogens is 1. The molecule has 1 aromatic carbocycles. The highest BCUT2D eigenvalue weighted by Crippen LogP contribution is 2.13. The lowest BCUT2D eigenvalue weighted by atomic mass is 10.1. The van der Waals surface area contributed by atoms with Crippen LogP contribution in [0.1, 0.15) is 29.8 Å². The van der Waals surface area contributed by atoms with E-state index < -0.39 is 6.10 Å². The van der Waals surface area contributed by atoms with Crippen LogP contribution in [0.3, 0.4) is 0 Å². The molecule has 1 atom stereocenters. The summed E-state index contributed by atoms with van der Waals surface area (Å²) in [6.45, 7) is 5.89. The van der Waals surface area contributed by atoms with Crippen molar-refractivity contribution < 1.29 is 5.11 Å². The quantitative estimate of drug-likeness (QED) is 0.342. The number of hydrogen-bond acceptors (Lipinski definition) is 3. The smallest absolute Gasteiger partial charge is 0.191 e. The van der Waals surface area contributed by atoms with Gasteiger partial charge in [-0.1, -0.05) is 35.9 Å². The molecule has 3 N–H and O–H groups in total. The Kier molecular flexibility index (Phi) is 10.1. The Morgan fingerprint density at radius 3 is 2.56 bits per heavy atom. The number of guanidine groups is 1. The molecule has 0 spiro atoms. The van der Waals surface area contributed by atoms with Gasteiger partial charge in [-0.25, -0.2) is 0 Å². The highest BCUT2D eigenvalue weighted by molar-refractivity contribution is 14.0. The summed E-state index contributed by atoms with van der Waals surface area (Å²) in [5.74, 6) is 0.708. The number of nitrogens with zero attached hydrogens (tertiary/aromatic N) is 2. The fourth-order valence-electron chi connectivity index (χ4n) is 2.27. The zero-order chi connectivity index (χ0) is 17.2. The number of nitrogens with one attached hydrogen (secondary N) is 2. The zero-order valence-corrected chi connectivity index (χ0v) is 17.1. The van der Waals surface area contributed by atoms with Crippen LogP contribution in [-0.4, -0.2) is 35.7 Å². The van der Waals surface area contributed by atoms with Gasteiger partial charge in [0, 0.05) is 31.4 Å². The molecule has 0 aliphatic heterocycles. The maximum atomic E-state index is 10.3. The van der Waals surface area contributed by atoms with Crippen molar-refractivity contribution in [2.24, 2.45) is 4.99 Å². The van der Waals surface area contributed by atoms with Gasteiger partial charge >= 0.3 is 0 Å². The molecule has 0 saturated carbocycles. The zero-order valence-electron chi connectivity index (χ0n) is 14.8. The van der Waals surface area contributed by atoms with Gasteiger partial charge in [0.2, 0.25) is 0 Å². The van der Waals surface area contributed by atoms with Gasteiger partial charge in [0.1, 0.15) is 0 Å². The molecule has 0 bridgehead atoms. The number of hydrogen-bond donors (Lipinski definition) is 3. The van der Waals surface area contributed by atoms with E-state index in [0.717, 1.165) is 30.8 Å². The first-order valence-electron chi connectivity index (χ1n) is 8.35. The van der Waals surface area contributed by atoms with E-state index in [2.05, 4.69) is 20.6 Å². The molecule has 0 radical (unpaired) electrons. The van der Waals surface area contributed by atoms with Crippen LogP contribution in [-0.2, 0) is 6.42 Å². The van der Waals surface area contributed by atoms with E-state index >= 15 is 0 Å². The predicted molar refractivity (Wildman–Crippen MR) is 113 cm³/mol. The largest absolute Gasteiger partial charge is 0.386 e. The minimum Gasteiger partial charge on any atom is -0.386 e. The lowest BCUT2D eigenvalue weighted by Crippen LogP contribution is -2.38. The van der Waals surface area contributed by atoms with Crippen LogP contribution in [0.5, 0.6) is 0 Å². The molecule has 6 heteroatoms. The second-order valence-corrected chi connectivity index (χ2v) is 5.64. The number of aliphatic imine (C=N–C) groups is 1. The third-order valence-electron chi connectivity index (χ3n) is 3.63. The van der Waals surface area contributed by atoms with Crippen molar-refractivity contribution in [1.29, 1.82) is 0 Å². The third-order valence-corrected chi connectivity index (χ3v) is 3.63. The molecule has 2 rings (SSSR count). The summed E-state index contributed by atoms with van der Waals surface area (Å²) in [5.41, 5.74) is 3.10. The number of pyridine rings is 1. The number of aliphatic hydroxyl groups excluding tert-OH is 1. The maximum Gasteiger partial charge on any atom is 0.191 e. The van der Waals surface area contributed by atoms with E-state index in [1.165, 1.54) is 5.56 Å². The lowest BCUT2D eigenvalue weighted by Gasteiger charge is -2.13. The molecule has 25 heavy (non-hydrogen) atoms. The fourth-order valence-corrected chi connectivity index (χ4v) is 2.27. The van der Waals surface area contributed by atoms with Gasteiger partial charge in [-0.15, -0.1) is 24.0 Å². The van der Waals surface area contributed by atoms with Crippen molar-refractivity contribution in [1.82, 2.24) is 15.6 Å². The van der Waals surface area contributed by atoms with Gasteiger partial charge in [0.25, 0.3) is 0 Å². The third kappa shape index (κ3) is 7.83. The molecule has 0 fully saturated rings. The van der Waals surface area contributed by atoms with E-state index in [9.17, 15) is 5.11 Å². The monoisotopic (exact) mass is 454 g/mol. The summed E-state index contributed by atoms with van der Waals surface area (Å²) in [7, 11) is 0.